The number of hydrogen-bond acceptors (Lipinski definition) is 5. The number of aromatic nitrogens is 1. The monoisotopic (exact) mass is 529 g/mol. The van der Waals surface area contributed by atoms with Crippen molar-refractivity contribution in [3.63, 3.8) is 0 Å². The highest BCUT2D eigenvalue weighted by molar-refractivity contribution is 7.89. The molecule has 0 saturated carbocycles. The van der Waals surface area contributed by atoms with Crippen molar-refractivity contribution in [3.05, 3.63) is 88.2 Å². The maximum atomic E-state index is 13.8. The fourth-order valence-electron chi connectivity index (χ4n) is 5.14. The Bertz CT molecular complexity index is 1740. The second-order valence-corrected chi connectivity index (χ2v) is 12.0. The van der Waals surface area contributed by atoms with Gasteiger partial charge in [-0.1, -0.05) is 42.5 Å². The molecule has 0 radical (unpaired) electrons. The topological polar surface area (TPSA) is 88.5 Å². The van der Waals surface area contributed by atoms with Crippen LogP contribution in [0, 0.1) is 0 Å². The molecule has 0 fully saturated rings. The molecule has 38 heavy (non-hydrogen) atoms. The number of rotatable bonds is 8. The first kappa shape index (κ1) is 26.0. The van der Waals surface area contributed by atoms with E-state index >= 15 is 0 Å². The van der Waals surface area contributed by atoms with Gasteiger partial charge in [-0.25, -0.2) is 13.1 Å². The van der Waals surface area contributed by atoms with Gasteiger partial charge in [-0.15, -0.1) is 0 Å². The van der Waals surface area contributed by atoms with Gasteiger partial charge < -0.3 is 9.47 Å². The number of sulfonamides is 1. The van der Waals surface area contributed by atoms with Gasteiger partial charge in [0.1, 0.15) is 0 Å². The van der Waals surface area contributed by atoms with Crippen molar-refractivity contribution in [2.75, 3.05) is 20.6 Å². The van der Waals surface area contributed by atoms with Crippen LogP contribution in [0.5, 0.6) is 0 Å². The molecule has 3 aromatic carbocycles. The highest BCUT2D eigenvalue weighted by Gasteiger charge is 2.32. The first-order valence-corrected chi connectivity index (χ1v) is 14.2. The predicted octanol–water partition coefficient (Wildman–Crippen LogP) is 4.52. The molecule has 8 heteroatoms. The zero-order chi connectivity index (χ0) is 27.2. The van der Waals surface area contributed by atoms with Gasteiger partial charge in [0, 0.05) is 34.5 Å². The minimum Gasteiger partial charge on any atom is -0.309 e. The second-order valence-electron chi connectivity index (χ2n) is 10.3. The van der Waals surface area contributed by atoms with Crippen molar-refractivity contribution in [1.82, 2.24) is 14.2 Å². The molecule has 7 nitrogen and oxygen atoms in total. The van der Waals surface area contributed by atoms with E-state index in [0.29, 0.717) is 39.7 Å². The van der Waals surface area contributed by atoms with Crippen molar-refractivity contribution in [2.45, 2.75) is 37.8 Å². The van der Waals surface area contributed by atoms with Gasteiger partial charge >= 0.3 is 0 Å². The van der Waals surface area contributed by atoms with Crippen LogP contribution in [-0.2, 0) is 16.6 Å². The Kier molecular flexibility index (Phi) is 6.81. The van der Waals surface area contributed by atoms with Crippen LogP contribution in [0.25, 0.3) is 33.2 Å². The van der Waals surface area contributed by atoms with Crippen LogP contribution in [0.3, 0.4) is 0 Å². The van der Waals surface area contributed by atoms with Gasteiger partial charge in [0.15, 0.2) is 5.78 Å². The van der Waals surface area contributed by atoms with E-state index in [-0.39, 0.29) is 22.3 Å². The molecule has 1 heterocycles. The van der Waals surface area contributed by atoms with Crippen LogP contribution < -0.4 is 10.3 Å². The van der Waals surface area contributed by atoms with Crippen molar-refractivity contribution in [3.8, 4) is 22.4 Å². The van der Waals surface area contributed by atoms with Crippen LogP contribution in [0.15, 0.2) is 76.4 Å². The number of nitrogens with zero attached hydrogens (tertiary/aromatic N) is 2. The van der Waals surface area contributed by atoms with Gasteiger partial charge in [0.2, 0.25) is 10.0 Å². The molecule has 4 aromatic rings. The van der Waals surface area contributed by atoms with E-state index in [0.717, 1.165) is 24.1 Å². The maximum absolute atomic E-state index is 13.8. The largest absolute Gasteiger partial charge is 0.309 e. The van der Waals surface area contributed by atoms with Crippen molar-refractivity contribution in [2.24, 2.45) is 0 Å². The Balaban J connectivity index is 1.70. The zero-order valence-corrected chi connectivity index (χ0v) is 22.8. The molecule has 0 aliphatic heterocycles. The number of pyridine rings is 1. The summed E-state index contributed by atoms with van der Waals surface area (Å²) in [5.41, 5.74) is 3.84. The highest BCUT2D eigenvalue weighted by Crippen LogP contribution is 2.40. The summed E-state index contributed by atoms with van der Waals surface area (Å²) >= 11 is 0. The normalized spacial score (nSPS) is 12.9. The van der Waals surface area contributed by atoms with Crippen LogP contribution in [0.4, 0.5) is 0 Å². The molecular weight excluding hydrogens is 498 g/mol. The molecule has 0 bridgehead atoms. The van der Waals surface area contributed by atoms with Crippen molar-refractivity contribution >= 4 is 26.6 Å². The summed E-state index contributed by atoms with van der Waals surface area (Å²) in [6, 6.07) is 19.3. The zero-order valence-electron chi connectivity index (χ0n) is 22.0. The summed E-state index contributed by atoms with van der Waals surface area (Å²) in [5.74, 6) is -0.100. The molecule has 196 valence electrons. The Labute approximate surface area is 222 Å². The fourth-order valence-corrected chi connectivity index (χ4v) is 6.43. The van der Waals surface area contributed by atoms with E-state index in [1.807, 2.05) is 50.5 Å². The van der Waals surface area contributed by atoms with Crippen LogP contribution >= 0.6 is 0 Å². The standard InChI is InChI=1S/C30H31N3O4S/c1-19(2)31-38(36,37)22-10-7-9-20(17-22)21-13-14-25-26(18-21)27-28(23-11-5-6-12-24(23)29(27)34)33(30(25)35)16-8-15-32(3)4/h5-7,9-14,17-19,31H,8,15-16H2,1-4H3. The number of nitrogens with one attached hydrogen (secondary N) is 1. The van der Waals surface area contributed by atoms with E-state index in [1.54, 1.807) is 48.7 Å². The smallest absolute Gasteiger partial charge is 0.258 e. The molecule has 0 amide bonds. The summed E-state index contributed by atoms with van der Waals surface area (Å²) in [5, 5.41) is 1.06. The van der Waals surface area contributed by atoms with Gasteiger partial charge in [-0.05, 0) is 76.3 Å². The number of fused-ring (bicyclic) bond motifs is 5. The lowest BCUT2D eigenvalue weighted by Gasteiger charge is -2.17. The maximum Gasteiger partial charge on any atom is 0.258 e. The van der Waals surface area contributed by atoms with Crippen molar-refractivity contribution in [1.29, 1.82) is 0 Å². The Hall–Kier alpha value is -3.59. The minimum absolute atomic E-state index is 0.100. The summed E-state index contributed by atoms with van der Waals surface area (Å²) in [7, 11) is 0.311. The van der Waals surface area contributed by atoms with Crippen molar-refractivity contribution < 1.29 is 13.2 Å². The summed E-state index contributed by atoms with van der Waals surface area (Å²) in [4.78, 5) is 29.7. The van der Waals surface area contributed by atoms with E-state index in [4.69, 9.17) is 0 Å². The SMILES string of the molecule is CC(C)NS(=O)(=O)c1cccc(-c2ccc3c(=O)n(CCCN(C)C)c4c(c3c2)C(=O)c2ccccc2-4)c1. The average molecular weight is 530 g/mol. The summed E-state index contributed by atoms with van der Waals surface area (Å²) in [6.45, 7) is 4.86. The van der Waals surface area contributed by atoms with Crippen LogP contribution in [0.1, 0.15) is 36.2 Å². The number of carbonyl (C=O) groups excluding carboxylic acids is 1. The third-order valence-corrected chi connectivity index (χ3v) is 8.44. The lowest BCUT2D eigenvalue weighted by Crippen LogP contribution is -2.30. The van der Waals surface area contributed by atoms with Gasteiger partial charge in [-0.3, -0.25) is 9.59 Å². The molecule has 0 spiro atoms. The van der Waals surface area contributed by atoms with Gasteiger partial charge in [0.05, 0.1) is 16.2 Å². The second kappa shape index (κ2) is 9.94. The quantitative estimate of drug-likeness (QED) is 0.319. The number of benzene rings is 3. The molecule has 1 aliphatic rings. The predicted molar refractivity (Wildman–Crippen MR) is 151 cm³/mol. The Morgan fingerprint density at radius 1 is 0.868 bits per heavy atom. The van der Waals surface area contributed by atoms with E-state index in [2.05, 4.69) is 9.62 Å². The fraction of sp³-hybridized carbons (Fsp3) is 0.267. The molecule has 1 aliphatic carbocycles. The molecule has 0 unspecified atom stereocenters. The molecule has 0 saturated heterocycles. The first-order chi connectivity index (χ1) is 18.1. The van der Waals surface area contributed by atoms with Gasteiger partial charge in [0.25, 0.3) is 5.56 Å². The molecule has 1 aromatic heterocycles. The highest BCUT2D eigenvalue weighted by atomic mass is 32.2. The Morgan fingerprint density at radius 3 is 2.29 bits per heavy atom. The molecule has 0 atom stereocenters. The molecular formula is C30H31N3O4S. The summed E-state index contributed by atoms with van der Waals surface area (Å²) < 4.78 is 29.9. The number of carbonyl (C=O) groups is 1. The molecule has 1 N–H and O–H groups in total. The first-order valence-electron chi connectivity index (χ1n) is 12.7. The average Bonchev–Trinajstić information content (AvgIpc) is 3.17. The third kappa shape index (κ3) is 4.60. The Morgan fingerprint density at radius 2 is 1.58 bits per heavy atom. The van der Waals surface area contributed by atoms with Gasteiger partial charge in [-0.2, -0.15) is 0 Å². The lowest BCUT2D eigenvalue weighted by molar-refractivity contribution is 0.104. The lowest BCUT2D eigenvalue weighted by atomic mass is 9.97. The molecule has 5 rings (SSSR count). The van der Waals surface area contributed by atoms with E-state index in [1.165, 1.54) is 0 Å². The van der Waals surface area contributed by atoms with Crippen LogP contribution in [-0.4, -0.2) is 50.3 Å². The summed E-state index contributed by atoms with van der Waals surface area (Å²) in [6.07, 6.45) is 0.769. The third-order valence-electron chi connectivity index (χ3n) is 6.78. The van der Waals surface area contributed by atoms with E-state index in [9.17, 15) is 18.0 Å². The number of hydrogen-bond donors (Lipinski definition) is 1. The van der Waals surface area contributed by atoms with Crippen LogP contribution in [0.2, 0.25) is 0 Å². The minimum atomic E-state index is -3.68. The number of ketones is 1. The van der Waals surface area contributed by atoms with E-state index < -0.39 is 10.0 Å².